The second-order valence-electron chi connectivity index (χ2n) is 3.57. The van der Waals surface area contributed by atoms with Crippen LogP contribution in [0.15, 0.2) is 24.3 Å². The number of rotatable bonds is 2. The fourth-order valence-corrected chi connectivity index (χ4v) is 1.84. The van der Waals surface area contributed by atoms with E-state index in [1.165, 1.54) is 0 Å². The largest absolute Gasteiger partial charge is 1.00 e. The molecule has 0 amide bonds. The van der Waals surface area contributed by atoms with Crippen LogP contribution in [0.2, 0.25) is 5.02 Å². The minimum atomic E-state index is 0. The summed E-state index contributed by atoms with van der Waals surface area (Å²) in [5, 5.41) is 9.88. The van der Waals surface area contributed by atoms with Crippen molar-refractivity contribution in [3.05, 3.63) is 40.9 Å². The van der Waals surface area contributed by atoms with Gasteiger partial charge in [0.1, 0.15) is 0 Å². The van der Waals surface area contributed by atoms with Gasteiger partial charge in [-0.05, 0) is 6.04 Å². The Morgan fingerprint density at radius 1 is 1.24 bits per heavy atom. The molecule has 0 N–H and O–H groups in total. The molecule has 0 aliphatic carbocycles. The van der Waals surface area contributed by atoms with Gasteiger partial charge in [0.2, 0.25) is 0 Å². The fourth-order valence-electron chi connectivity index (χ4n) is 1.71. The van der Waals surface area contributed by atoms with Crippen molar-refractivity contribution < 1.29 is 34.3 Å². The van der Waals surface area contributed by atoms with Crippen LogP contribution in [0.1, 0.15) is 5.56 Å². The number of morpholine rings is 1. The first-order valence-corrected chi connectivity index (χ1v) is 5.55. The first-order chi connectivity index (χ1) is 7.81. The summed E-state index contributed by atoms with van der Waals surface area (Å²) in [7, 11) is 0. The van der Waals surface area contributed by atoms with Gasteiger partial charge in [-0.1, -0.05) is 23.7 Å². The van der Waals surface area contributed by atoms with Crippen molar-refractivity contribution in [2.45, 2.75) is 0 Å². The van der Waals surface area contributed by atoms with Gasteiger partial charge in [-0.3, -0.25) is 0 Å². The first-order valence-electron chi connectivity index (χ1n) is 5.17. The second kappa shape index (κ2) is 7.27. The summed E-state index contributed by atoms with van der Waals surface area (Å²) in [5.41, 5.74) is 0.911. The minimum Gasteiger partial charge on any atom is -0.379 e. The van der Waals surface area contributed by atoms with E-state index in [1.54, 1.807) is 12.1 Å². The average Bonchev–Trinajstić information content (AvgIpc) is 2.34. The van der Waals surface area contributed by atoms with E-state index in [0.29, 0.717) is 24.3 Å². The van der Waals surface area contributed by atoms with E-state index in [1.807, 2.05) is 17.0 Å². The van der Waals surface area contributed by atoms with Crippen LogP contribution in [0.5, 0.6) is 0 Å². The number of hydrogen-bond donors (Lipinski definition) is 0. The Morgan fingerprint density at radius 2 is 1.82 bits per heavy atom. The number of benzene rings is 1. The van der Waals surface area contributed by atoms with Gasteiger partial charge in [0.05, 0.1) is 13.2 Å². The van der Waals surface area contributed by atoms with E-state index in [0.717, 1.165) is 18.7 Å². The molecule has 1 aromatic rings. The third-order valence-electron chi connectivity index (χ3n) is 2.55. The molecule has 1 saturated heterocycles. The monoisotopic (exact) mass is 258 g/mol. The summed E-state index contributed by atoms with van der Waals surface area (Å²) in [6.07, 6.45) is 0. The van der Waals surface area contributed by atoms with Crippen LogP contribution >= 0.6 is 11.6 Å². The van der Waals surface area contributed by atoms with Crippen molar-refractivity contribution in [1.82, 2.24) is 4.90 Å². The van der Waals surface area contributed by atoms with Gasteiger partial charge in [0, 0.05) is 24.2 Å². The van der Waals surface area contributed by atoms with Gasteiger partial charge in [-0.25, -0.2) is 5.26 Å². The summed E-state index contributed by atoms with van der Waals surface area (Å²) in [4.78, 5) is 2.05. The van der Waals surface area contributed by atoms with Gasteiger partial charge in [-0.2, -0.15) is 17.7 Å². The van der Waals surface area contributed by atoms with Crippen LogP contribution in [0.25, 0.3) is 0 Å². The molecule has 1 heterocycles. The van der Waals surface area contributed by atoms with E-state index in [9.17, 15) is 5.26 Å². The summed E-state index contributed by atoms with van der Waals surface area (Å²) in [5.74, 6) is 0. The Morgan fingerprint density at radius 3 is 2.35 bits per heavy atom. The molecule has 0 saturated carbocycles. The Hall–Kier alpha value is -0.210. The van der Waals surface area contributed by atoms with Crippen molar-refractivity contribution in [3.8, 4) is 6.07 Å². The molecule has 3 nitrogen and oxygen atoms in total. The quantitative estimate of drug-likeness (QED) is 0.509. The molecule has 1 fully saturated rings. The van der Waals surface area contributed by atoms with Crippen molar-refractivity contribution >= 4 is 11.6 Å². The maximum Gasteiger partial charge on any atom is 1.00 e. The molecule has 84 valence electrons. The van der Waals surface area contributed by atoms with Crippen molar-refractivity contribution in [3.63, 3.8) is 0 Å². The van der Waals surface area contributed by atoms with Crippen LogP contribution in [0.3, 0.4) is 0 Å². The summed E-state index contributed by atoms with van der Waals surface area (Å²) < 4.78 is 5.26. The summed E-state index contributed by atoms with van der Waals surface area (Å²) in [6, 6.07) is 10.3. The standard InChI is InChI=1S/C12H12ClN2O.Na/c13-11-3-1-10(2-4-11)12(9-14)15-5-7-16-8-6-15;/h1-4H,5-8H2;/q-1;+1. The maximum absolute atomic E-state index is 9.20. The Balaban J connectivity index is 0.00000144. The van der Waals surface area contributed by atoms with Crippen molar-refractivity contribution in [2.24, 2.45) is 0 Å². The van der Waals surface area contributed by atoms with Crippen LogP contribution in [0, 0.1) is 17.4 Å². The van der Waals surface area contributed by atoms with Crippen LogP contribution in [0.4, 0.5) is 0 Å². The number of nitrogens with zero attached hydrogens (tertiary/aromatic N) is 2. The van der Waals surface area contributed by atoms with E-state index in [-0.39, 0.29) is 29.6 Å². The molecule has 0 radical (unpaired) electrons. The van der Waals surface area contributed by atoms with Gasteiger partial charge >= 0.3 is 29.6 Å². The molecule has 0 bridgehead atoms. The van der Waals surface area contributed by atoms with Gasteiger partial charge in [0.15, 0.2) is 0 Å². The SMILES string of the molecule is N#C[C-](c1ccc(Cl)cc1)N1CCOCC1.[Na+]. The van der Waals surface area contributed by atoms with Gasteiger partial charge < -0.3 is 9.64 Å². The van der Waals surface area contributed by atoms with Crippen molar-refractivity contribution in [1.29, 1.82) is 5.26 Å². The molecule has 1 aliphatic rings. The third kappa shape index (κ3) is 3.89. The van der Waals surface area contributed by atoms with Crippen LogP contribution < -0.4 is 29.6 Å². The molecule has 0 unspecified atom stereocenters. The normalized spacial score (nSPS) is 15.8. The molecule has 0 aromatic heterocycles. The molecule has 2 rings (SSSR count). The summed E-state index contributed by atoms with van der Waals surface area (Å²) in [6.45, 7) is 2.90. The first kappa shape index (κ1) is 14.8. The van der Waals surface area contributed by atoms with E-state index < -0.39 is 0 Å². The third-order valence-corrected chi connectivity index (χ3v) is 2.80. The zero-order chi connectivity index (χ0) is 11.4. The number of hydrogen-bond acceptors (Lipinski definition) is 3. The molecular formula is C12H12ClN2NaO. The van der Waals surface area contributed by atoms with E-state index in [4.69, 9.17) is 16.3 Å². The number of ether oxygens (including phenoxy) is 1. The minimum absolute atomic E-state index is 0. The topological polar surface area (TPSA) is 36.3 Å². The molecule has 0 atom stereocenters. The Kier molecular flexibility index (Phi) is 6.35. The molecule has 1 aromatic carbocycles. The zero-order valence-corrected chi connectivity index (χ0v) is 12.6. The Bertz CT molecular complexity index is 384. The van der Waals surface area contributed by atoms with Crippen LogP contribution in [-0.4, -0.2) is 31.2 Å². The fraction of sp³-hybridized carbons (Fsp3) is 0.333. The van der Waals surface area contributed by atoms with E-state index >= 15 is 0 Å². The Labute approximate surface area is 129 Å². The molecular weight excluding hydrogens is 247 g/mol. The second-order valence-corrected chi connectivity index (χ2v) is 4.00. The number of nitriles is 1. The predicted molar refractivity (Wildman–Crippen MR) is 61.8 cm³/mol. The van der Waals surface area contributed by atoms with Gasteiger partial charge in [-0.15, -0.1) is 0 Å². The van der Waals surface area contributed by atoms with Crippen LogP contribution in [-0.2, 0) is 4.74 Å². The molecule has 0 spiro atoms. The maximum atomic E-state index is 9.20. The average molecular weight is 259 g/mol. The van der Waals surface area contributed by atoms with Gasteiger partial charge in [0.25, 0.3) is 0 Å². The molecule has 5 heteroatoms. The smallest absolute Gasteiger partial charge is 0.379 e. The number of halogens is 1. The molecule has 17 heavy (non-hydrogen) atoms. The molecule has 1 aliphatic heterocycles. The van der Waals surface area contributed by atoms with Crippen molar-refractivity contribution in [2.75, 3.05) is 26.3 Å². The predicted octanol–water partition coefficient (Wildman–Crippen LogP) is -0.920. The zero-order valence-electron chi connectivity index (χ0n) is 9.82. The van der Waals surface area contributed by atoms with E-state index in [2.05, 4.69) is 6.07 Å². The summed E-state index contributed by atoms with van der Waals surface area (Å²) >= 11 is 5.82.